The summed E-state index contributed by atoms with van der Waals surface area (Å²) in [4.78, 5) is 0. The van der Waals surface area contributed by atoms with Crippen molar-refractivity contribution in [1.29, 1.82) is 5.26 Å². The fourth-order valence-electron chi connectivity index (χ4n) is 2.46. The molecular formula is C20H19F2N. The van der Waals surface area contributed by atoms with E-state index in [1.54, 1.807) is 12.1 Å². The van der Waals surface area contributed by atoms with E-state index >= 15 is 0 Å². The van der Waals surface area contributed by atoms with E-state index in [2.05, 4.69) is 0 Å². The molecule has 0 saturated heterocycles. The number of halogens is 2. The Morgan fingerprint density at radius 1 is 1.13 bits per heavy atom. The smallest absolute Gasteiger partial charge is 0.127 e. The summed E-state index contributed by atoms with van der Waals surface area (Å²) < 4.78 is 27.3. The normalized spacial score (nSPS) is 11.3. The van der Waals surface area contributed by atoms with Crippen LogP contribution in [0.2, 0.25) is 0 Å². The second-order valence-electron chi connectivity index (χ2n) is 5.46. The van der Waals surface area contributed by atoms with E-state index < -0.39 is 0 Å². The second kappa shape index (κ2) is 8.24. The SMILES string of the molecule is CCCC(F)=Cc1ccc(CCc2c(F)cccc2C#N)cc1. The van der Waals surface area contributed by atoms with Gasteiger partial charge in [0, 0.05) is 5.56 Å². The molecule has 1 nitrogen and oxygen atoms in total. The number of rotatable bonds is 6. The monoisotopic (exact) mass is 311 g/mol. The first-order chi connectivity index (χ1) is 11.1. The van der Waals surface area contributed by atoms with Gasteiger partial charge in [-0.1, -0.05) is 37.3 Å². The molecule has 0 spiro atoms. The van der Waals surface area contributed by atoms with E-state index in [0.29, 0.717) is 30.4 Å². The fraction of sp³-hybridized carbons (Fsp3) is 0.250. The van der Waals surface area contributed by atoms with Crippen LogP contribution in [0.5, 0.6) is 0 Å². The van der Waals surface area contributed by atoms with Gasteiger partial charge in [-0.15, -0.1) is 0 Å². The van der Waals surface area contributed by atoms with E-state index in [-0.39, 0.29) is 11.6 Å². The van der Waals surface area contributed by atoms with Crippen LogP contribution in [0.15, 0.2) is 48.3 Å². The molecule has 3 heteroatoms. The van der Waals surface area contributed by atoms with Crippen molar-refractivity contribution in [2.24, 2.45) is 0 Å². The standard InChI is InChI=1S/C20H19F2N/c1-2-4-18(21)13-16-9-7-15(8-10-16)11-12-19-17(14-23)5-3-6-20(19)22/h3,5-10,13H,2,4,11-12H2,1H3. The topological polar surface area (TPSA) is 23.8 Å². The van der Waals surface area contributed by atoms with Gasteiger partial charge in [0.25, 0.3) is 0 Å². The van der Waals surface area contributed by atoms with Gasteiger partial charge in [-0.05, 0) is 55.0 Å². The molecule has 2 aromatic carbocycles. The summed E-state index contributed by atoms with van der Waals surface area (Å²) in [6.07, 6.45) is 3.88. The summed E-state index contributed by atoms with van der Waals surface area (Å²) in [5.41, 5.74) is 2.69. The predicted octanol–water partition coefficient (Wildman–Crippen LogP) is 5.59. The zero-order valence-electron chi connectivity index (χ0n) is 13.2. The highest BCUT2D eigenvalue weighted by atomic mass is 19.1. The molecule has 0 bridgehead atoms. The summed E-state index contributed by atoms with van der Waals surface area (Å²) in [5, 5.41) is 9.05. The third-order valence-electron chi connectivity index (χ3n) is 3.69. The van der Waals surface area contributed by atoms with Crippen LogP contribution in [-0.4, -0.2) is 0 Å². The van der Waals surface area contributed by atoms with Crippen LogP contribution in [0.1, 0.15) is 42.0 Å². The van der Waals surface area contributed by atoms with Gasteiger partial charge < -0.3 is 0 Å². The summed E-state index contributed by atoms with van der Waals surface area (Å²) in [6, 6.07) is 14.1. The molecule has 0 atom stereocenters. The van der Waals surface area contributed by atoms with Gasteiger partial charge in [-0.2, -0.15) is 5.26 Å². The molecule has 0 aliphatic rings. The summed E-state index contributed by atoms with van der Waals surface area (Å²) in [6.45, 7) is 1.94. The minimum Gasteiger partial charge on any atom is -0.212 e. The lowest BCUT2D eigenvalue weighted by atomic mass is 9.99. The van der Waals surface area contributed by atoms with E-state index in [9.17, 15) is 8.78 Å². The van der Waals surface area contributed by atoms with Crippen molar-refractivity contribution in [3.05, 3.63) is 76.4 Å². The van der Waals surface area contributed by atoms with Crippen molar-refractivity contribution >= 4 is 6.08 Å². The molecule has 2 aromatic rings. The molecule has 0 radical (unpaired) electrons. The molecule has 0 aromatic heterocycles. The Bertz CT molecular complexity index is 724. The molecule has 0 unspecified atom stereocenters. The average molecular weight is 311 g/mol. The first kappa shape index (κ1) is 16.9. The number of benzene rings is 2. The highest BCUT2D eigenvalue weighted by molar-refractivity contribution is 5.51. The number of aryl methyl sites for hydroxylation is 1. The molecule has 2 rings (SSSR count). The van der Waals surface area contributed by atoms with Gasteiger partial charge in [0.2, 0.25) is 0 Å². The zero-order valence-corrected chi connectivity index (χ0v) is 13.2. The lowest BCUT2D eigenvalue weighted by Crippen LogP contribution is -1.98. The van der Waals surface area contributed by atoms with Crippen LogP contribution in [0.3, 0.4) is 0 Å². The van der Waals surface area contributed by atoms with Crippen molar-refractivity contribution in [2.75, 3.05) is 0 Å². The van der Waals surface area contributed by atoms with Crippen LogP contribution in [0.4, 0.5) is 8.78 Å². The molecule has 0 aliphatic carbocycles. The van der Waals surface area contributed by atoms with E-state index in [1.165, 1.54) is 12.1 Å². The minimum atomic E-state index is -0.342. The van der Waals surface area contributed by atoms with Crippen molar-refractivity contribution in [3.63, 3.8) is 0 Å². The Hall–Kier alpha value is -2.47. The quantitative estimate of drug-likeness (QED) is 0.682. The van der Waals surface area contributed by atoms with Crippen molar-refractivity contribution in [1.82, 2.24) is 0 Å². The number of hydrogen-bond acceptors (Lipinski definition) is 1. The van der Waals surface area contributed by atoms with Crippen LogP contribution >= 0.6 is 0 Å². The van der Waals surface area contributed by atoms with Gasteiger partial charge in [-0.3, -0.25) is 0 Å². The molecule has 0 saturated carbocycles. The molecule has 23 heavy (non-hydrogen) atoms. The number of allylic oxidation sites excluding steroid dienone is 1. The van der Waals surface area contributed by atoms with Crippen LogP contribution in [0.25, 0.3) is 6.08 Å². The average Bonchev–Trinajstić information content (AvgIpc) is 2.55. The summed E-state index contributed by atoms with van der Waals surface area (Å²) >= 11 is 0. The maximum atomic E-state index is 13.8. The summed E-state index contributed by atoms with van der Waals surface area (Å²) in [5.74, 6) is -0.462. The van der Waals surface area contributed by atoms with Crippen molar-refractivity contribution in [2.45, 2.75) is 32.6 Å². The molecule has 118 valence electrons. The third-order valence-corrected chi connectivity index (χ3v) is 3.69. The highest BCUT2D eigenvalue weighted by Crippen LogP contribution is 2.17. The number of nitriles is 1. The van der Waals surface area contributed by atoms with E-state index in [4.69, 9.17) is 5.26 Å². The maximum absolute atomic E-state index is 13.8. The van der Waals surface area contributed by atoms with Gasteiger partial charge in [0.05, 0.1) is 11.6 Å². The Morgan fingerprint density at radius 2 is 1.87 bits per heavy atom. The van der Waals surface area contributed by atoms with Gasteiger partial charge in [0.15, 0.2) is 0 Å². The van der Waals surface area contributed by atoms with Crippen molar-refractivity contribution < 1.29 is 8.78 Å². The molecule has 0 amide bonds. The third kappa shape index (κ3) is 4.75. The first-order valence-corrected chi connectivity index (χ1v) is 7.76. The first-order valence-electron chi connectivity index (χ1n) is 7.76. The lowest BCUT2D eigenvalue weighted by Gasteiger charge is -2.06. The van der Waals surface area contributed by atoms with Gasteiger partial charge in [-0.25, -0.2) is 8.78 Å². The Kier molecular flexibility index (Phi) is 6.05. The minimum absolute atomic E-state index is 0.120. The second-order valence-corrected chi connectivity index (χ2v) is 5.46. The van der Waals surface area contributed by atoms with Crippen molar-refractivity contribution in [3.8, 4) is 6.07 Å². The van der Waals surface area contributed by atoms with Gasteiger partial charge >= 0.3 is 0 Å². The number of hydrogen-bond donors (Lipinski definition) is 0. The molecule has 0 aliphatic heterocycles. The molecule has 0 fully saturated rings. The highest BCUT2D eigenvalue weighted by Gasteiger charge is 2.08. The van der Waals surface area contributed by atoms with E-state index in [0.717, 1.165) is 17.5 Å². The van der Waals surface area contributed by atoms with E-state index in [1.807, 2.05) is 37.3 Å². The zero-order chi connectivity index (χ0) is 16.7. The predicted molar refractivity (Wildman–Crippen MR) is 89.0 cm³/mol. The summed E-state index contributed by atoms with van der Waals surface area (Å²) in [7, 11) is 0. The molecule has 0 N–H and O–H groups in total. The molecular weight excluding hydrogens is 292 g/mol. The fourth-order valence-corrected chi connectivity index (χ4v) is 2.46. The number of nitrogens with zero attached hydrogens (tertiary/aromatic N) is 1. The molecule has 0 heterocycles. The van der Waals surface area contributed by atoms with Crippen LogP contribution in [-0.2, 0) is 12.8 Å². The van der Waals surface area contributed by atoms with Crippen LogP contribution in [0, 0.1) is 17.1 Å². The lowest BCUT2D eigenvalue weighted by molar-refractivity contribution is 0.591. The Morgan fingerprint density at radius 3 is 2.52 bits per heavy atom. The maximum Gasteiger partial charge on any atom is 0.127 e. The van der Waals surface area contributed by atoms with Gasteiger partial charge in [0.1, 0.15) is 11.6 Å². The Labute approximate surface area is 135 Å². The van der Waals surface area contributed by atoms with Crippen LogP contribution < -0.4 is 0 Å². The Balaban J connectivity index is 2.05. The largest absolute Gasteiger partial charge is 0.212 e.